The van der Waals surface area contributed by atoms with Gasteiger partial charge in [-0.2, -0.15) is 0 Å². The van der Waals surface area contributed by atoms with E-state index in [9.17, 15) is 9.59 Å². The average Bonchev–Trinajstić information content (AvgIpc) is 3.13. The highest BCUT2D eigenvalue weighted by Gasteiger charge is 2.27. The van der Waals surface area contributed by atoms with Gasteiger partial charge in [-0.3, -0.25) is 9.59 Å². The minimum Gasteiger partial charge on any atom is -0.469 e. The van der Waals surface area contributed by atoms with E-state index in [1.165, 1.54) is 12.7 Å². The summed E-state index contributed by atoms with van der Waals surface area (Å²) in [4.78, 5) is 26.2. The molecule has 1 unspecified atom stereocenters. The average molecular weight is 365 g/mol. The number of likely N-dealkylation sites (tertiary alicyclic amines) is 1. The van der Waals surface area contributed by atoms with Crippen LogP contribution in [0.3, 0.4) is 0 Å². The van der Waals surface area contributed by atoms with Crippen molar-refractivity contribution in [3.63, 3.8) is 0 Å². The minimum atomic E-state index is -0.223. The lowest BCUT2D eigenvalue weighted by Crippen LogP contribution is -2.29. The molecule has 27 heavy (non-hydrogen) atoms. The summed E-state index contributed by atoms with van der Waals surface area (Å²) < 4.78 is 4.70. The smallest absolute Gasteiger partial charge is 0.309 e. The van der Waals surface area contributed by atoms with Crippen LogP contribution in [0.2, 0.25) is 0 Å². The SMILES string of the molecule is COC(=O)Cc1ccc(CC2CCN(C(=O)c3cc(C)ccc3C)C2)cc1. The number of benzene rings is 2. The summed E-state index contributed by atoms with van der Waals surface area (Å²) in [5, 5.41) is 0. The van der Waals surface area contributed by atoms with Crippen molar-refractivity contribution in [2.75, 3.05) is 20.2 Å². The molecule has 1 amide bonds. The summed E-state index contributed by atoms with van der Waals surface area (Å²) in [7, 11) is 1.40. The van der Waals surface area contributed by atoms with E-state index in [1.54, 1.807) is 0 Å². The summed E-state index contributed by atoms with van der Waals surface area (Å²) in [5.41, 5.74) is 5.18. The third-order valence-corrected chi connectivity index (χ3v) is 5.32. The molecule has 3 rings (SSSR count). The molecular weight excluding hydrogens is 338 g/mol. The maximum Gasteiger partial charge on any atom is 0.309 e. The largest absolute Gasteiger partial charge is 0.469 e. The Morgan fingerprint density at radius 1 is 1.07 bits per heavy atom. The van der Waals surface area contributed by atoms with Gasteiger partial charge in [-0.15, -0.1) is 0 Å². The monoisotopic (exact) mass is 365 g/mol. The zero-order valence-corrected chi connectivity index (χ0v) is 16.3. The summed E-state index contributed by atoms with van der Waals surface area (Å²) in [5.74, 6) is 0.400. The Hall–Kier alpha value is -2.62. The van der Waals surface area contributed by atoms with E-state index in [4.69, 9.17) is 4.74 Å². The number of carbonyl (C=O) groups is 2. The molecule has 0 bridgehead atoms. The maximum absolute atomic E-state index is 12.9. The Bertz CT molecular complexity index is 826. The standard InChI is InChI=1S/C23H27NO3/c1-16-4-5-17(2)21(12-16)23(26)24-11-10-20(15-24)13-18-6-8-19(9-7-18)14-22(25)27-3/h4-9,12,20H,10-11,13-15H2,1-3H3. The van der Waals surface area contributed by atoms with E-state index >= 15 is 0 Å². The lowest BCUT2D eigenvalue weighted by Gasteiger charge is -2.18. The number of aryl methyl sites for hydroxylation is 2. The molecule has 142 valence electrons. The summed E-state index contributed by atoms with van der Waals surface area (Å²) in [6, 6.07) is 14.2. The fourth-order valence-corrected chi connectivity index (χ4v) is 3.69. The van der Waals surface area contributed by atoms with Crippen molar-refractivity contribution in [2.24, 2.45) is 5.92 Å². The molecular formula is C23H27NO3. The van der Waals surface area contributed by atoms with Crippen LogP contribution in [0.1, 0.15) is 39.0 Å². The number of esters is 1. The van der Waals surface area contributed by atoms with Gasteiger partial charge in [0.2, 0.25) is 0 Å². The Morgan fingerprint density at radius 2 is 1.78 bits per heavy atom. The predicted octanol–water partition coefficient (Wildman–Crippen LogP) is 3.72. The van der Waals surface area contributed by atoms with E-state index in [0.29, 0.717) is 12.3 Å². The highest BCUT2D eigenvalue weighted by atomic mass is 16.5. The molecule has 1 fully saturated rings. The first-order valence-corrected chi connectivity index (χ1v) is 9.47. The first kappa shape index (κ1) is 19.2. The number of carbonyl (C=O) groups excluding carboxylic acids is 2. The second kappa shape index (κ2) is 8.38. The zero-order chi connectivity index (χ0) is 19.4. The molecule has 0 aliphatic carbocycles. The summed E-state index contributed by atoms with van der Waals surface area (Å²) in [6.07, 6.45) is 2.29. The first-order chi connectivity index (χ1) is 13.0. The summed E-state index contributed by atoms with van der Waals surface area (Å²) in [6.45, 7) is 5.64. The van der Waals surface area contributed by atoms with E-state index < -0.39 is 0 Å². The molecule has 0 saturated carbocycles. The van der Waals surface area contributed by atoms with Gasteiger partial charge in [0.1, 0.15) is 0 Å². The maximum atomic E-state index is 12.9. The van der Waals surface area contributed by atoms with Crippen LogP contribution in [-0.2, 0) is 22.4 Å². The topological polar surface area (TPSA) is 46.6 Å². The van der Waals surface area contributed by atoms with Crippen LogP contribution in [0.5, 0.6) is 0 Å². The normalized spacial score (nSPS) is 16.4. The Kier molecular flexibility index (Phi) is 5.94. The molecule has 1 saturated heterocycles. The van der Waals surface area contributed by atoms with Gasteiger partial charge < -0.3 is 9.64 Å². The van der Waals surface area contributed by atoms with Crippen LogP contribution < -0.4 is 0 Å². The fourth-order valence-electron chi connectivity index (χ4n) is 3.69. The predicted molar refractivity (Wildman–Crippen MR) is 106 cm³/mol. The number of methoxy groups -OCH3 is 1. The Balaban J connectivity index is 1.59. The van der Waals surface area contributed by atoms with E-state index in [1.807, 2.05) is 49.1 Å². The number of amides is 1. The Labute approximate surface area is 161 Å². The third-order valence-electron chi connectivity index (χ3n) is 5.32. The van der Waals surface area contributed by atoms with E-state index in [2.05, 4.69) is 12.1 Å². The number of rotatable bonds is 5. The molecule has 2 aromatic rings. The number of nitrogens with zero attached hydrogens (tertiary/aromatic N) is 1. The van der Waals surface area contributed by atoms with Crippen LogP contribution >= 0.6 is 0 Å². The zero-order valence-electron chi connectivity index (χ0n) is 16.3. The van der Waals surface area contributed by atoms with E-state index in [0.717, 1.165) is 48.2 Å². The third kappa shape index (κ3) is 4.76. The van der Waals surface area contributed by atoms with Crippen molar-refractivity contribution in [1.29, 1.82) is 0 Å². The van der Waals surface area contributed by atoms with Gasteiger partial charge in [0, 0.05) is 18.7 Å². The molecule has 4 nitrogen and oxygen atoms in total. The van der Waals surface area contributed by atoms with Gasteiger partial charge in [-0.25, -0.2) is 0 Å². The fraction of sp³-hybridized carbons (Fsp3) is 0.391. The number of hydrogen-bond donors (Lipinski definition) is 0. The lowest BCUT2D eigenvalue weighted by molar-refractivity contribution is -0.139. The highest BCUT2D eigenvalue weighted by molar-refractivity contribution is 5.96. The molecule has 0 N–H and O–H groups in total. The van der Waals surface area contributed by atoms with Gasteiger partial charge in [-0.1, -0.05) is 42.0 Å². The molecule has 0 spiro atoms. The molecule has 1 atom stereocenters. The lowest BCUT2D eigenvalue weighted by atomic mass is 9.97. The van der Waals surface area contributed by atoms with Crippen molar-refractivity contribution in [3.8, 4) is 0 Å². The van der Waals surface area contributed by atoms with Crippen molar-refractivity contribution < 1.29 is 14.3 Å². The second-order valence-electron chi connectivity index (χ2n) is 7.50. The molecule has 1 aliphatic rings. The highest BCUT2D eigenvalue weighted by Crippen LogP contribution is 2.24. The van der Waals surface area contributed by atoms with Crippen molar-refractivity contribution in [2.45, 2.75) is 33.1 Å². The van der Waals surface area contributed by atoms with Gasteiger partial charge in [-0.05, 0) is 55.4 Å². The van der Waals surface area contributed by atoms with Crippen LogP contribution in [0.15, 0.2) is 42.5 Å². The van der Waals surface area contributed by atoms with Gasteiger partial charge in [0.05, 0.1) is 13.5 Å². The number of ether oxygens (including phenoxy) is 1. The molecule has 1 aliphatic heterocycles. The molecule has 0 radical (unpaired) electrons. The van der Waals surface area contributed by atoms with Crippen LogP contribution in [0.25, 0.3) is 0 Å². The van der Waals surface area contributed by atoms with Crippen molar-refractivity contribution >= 4 is 11.9 Å². The van der Waals surface area contributed by atoms with Gasteiger partial charge >= 0.3 is 5.97 Å². The van der Waals surface area contributed by atoms with Crippen LogP contribution in [0, 0.1) is 19.8 Å². The Morgan fingerprint density at radius 3 is 2.48 bits per heavy atom. The molecule has 4 heteroatoms. The van der Waals surface area contributed by atoms with E-state index in [-0.39, 0.29) is 11.9 Å². The van der Waals surface area contributed by atoms with Crippen LogP contribution in [-0.4, -0.2) is 37.0 Å². The van der Waals surface area contributed by atoms with Crippen molar-refractivity contribution in [3.05, 3.63) is 70.3 Å². The molecule has 2 aromatic carbocycles. The van der Waals surface area contributed by atoms with Gasteiger partial charge in [0.25, 0.3) is 5.91 Å². The van der Waals surface area contributed by atoms with Gasteiger partial charge in [0.15, 0.2) is 0 Å². The van der Waals surface area contributed by atoms with Crippen molar-refractivity contribution in [1.82, 2.24) is 4.90 Å². The van der Waals surface area contributed by atoms with Crippen LogP contribution in [0.4, 0.5) is 0 Å². The second-order valence-corrected chi connectivity index (χ2v) is 7.50. The first-order valence-electron chi connectivity index (χ1n) is 9.47. The molecule has 0 aromatic heterocycles. The molecule has 1 heterocycles. The minimum absolute atomic E-state index is 0.145. The summed E-state index contributed by atoms with van der Waals surface area (Å²) >= 11 is 0. The quantitative estimate of drug-likeness (QED) is 0.759. The number of hydrogen-bond acceptors (Lipinski definition) is 3.